The molecule has 1 heterocycles. The van der Waals surface area contributed by atoms with Gasteiger partial charge in [0.1, 0.15) is 5.75 Å². The second-order valence-corrected chi connectivity index (χ2v) is 5.42. The molecule has 4 rings (SSSR count). The van der Waals surface area contributed by atoms with Gasteiger partial charge in [0.2, 0.25) is 0 Å². The Bertz CT molecular complexity index is 1040. The number of hydrogen-bond donors (Lipinski definition) is 1. The molecule has 3 aromatic carbocycles. The number of benzene rings is 3. The van der Waals surface area contributed by atoms with Crippen molar-refractivity contribution in [1.29, 1.82) is 5.26 Å². The molecule has 0 amide bonds. The van der Waals surface area contributed by atoms with Crippen LogP contribution < -0.4 is 4.65 Å². The first-order valence-corrected chi connectivity index (χ1v) is 7.48. The van der Waals surface area contributed by atoms with Gasteiger partial charge in [-0.15, -0.1) is 0 Å². The summed E-state index contributed by atoms with van der Waals surface area (Å²) >= 11 is 0. The van der Waals surface area contributed by atoms with Crippen LogP contribution in [0.25, 0.3) is 27.5 Å². The molecule has 113 valence electrons. The monoisotopic (exact) mass is 311 g/mol. The predicted octanol–water partition coefficient (Wildman–Crippen LogP) is 3.56. The van der Waals surface area contributed by atoms with Crippen LogP contribution in [0.4, 0.5) is 0 Å². The molecule has 4 aromatic rings. The van der Waals surface area contributed by atoms with Gasteiger partial charge in [-0.25, -0.2) is 0 Å². The average Bonchev–Trinajstić information content (AvgIpc) is 2.96. The van der Waals surface area contributed by atoms with Crippen LogP contribution in [0.3, 0.4) is 0 Å². The summed E-state index contributed by atoms with van der Waals surface area (Å²) in [7, 11) is 0.617. The summed E-state index contributed by atoms with van der Waals surface area (Å²) in [4.78, 5) is 0. The smallest absolute Gasteiger partial charge is 0.537 e. The van der Waals surface area contributed by atoms with Gasteiger partial charge in [0.05, 0.1) is 28.4 Å². The maximum atomic E-state index is 9.29. The number of hydrogen-bond acceptors (Lipinski definition) is 3. The first-order chi connectivity index (χ1) is 11.8. The topological polar surface area (TPSA) is 58.2 Å². The van der Waals surface area contributed by atoms with Gasteiger partial charge in [0.15, 0.2) is 0 Å². The highest BCUT2D eigenvalue weighted by atomic mass is 16.5. The minimum atomic E-state index is 0.411. The Morgan fingerprint density at radius 2 is 1.54 bits per heavy atom. The molecule has 0 aliphatic heterocycles. The fourth-order valence-corrected chi connectivity index (χ4v) is 3.11. The van der Waals surface area contributed by atoms with Crippen LogP contribution >= 0.6 is 0 Å². The van der Waals surface area contributed by atoms with Gasteiger partial charge in [-0.3, -0.25) is 0 Å². The van der Waals surface area contributed by atoms with Crippen LogP contribution in [0, 0.1) is 11.3 Å². The maximum Gasteiger partial charge on any atom is 0.569 e. The highest BCUT2D eigenvalue weighted by Crippen LogP contribution is 2.33. The van der Waals surface area contributed by atoms with E-state index in [4.69, 9.17) is 9.68 Å². The molecular weight excluding hydrogens is 299 g/mol. The second-order valence-electron chi connectivity index (χ2n) is 5.42. The molecule has 4 nitrogen and oxygen atoms in total. The lowest BCUT2D eigenvalue weighted by Crippen LogP contribution is -2.02. The van der Waals surface area contributed by atoms with Gasteiger partial charge in [-0.05, 0) is 24.3 Å². The molecule has 0 aliphatic carbocycles. The first kappa shape index (κ1) is 14.4. The highest BCUT2D eigenvalue weighted by Gasteiger charge is 2.13. The van der Waals surface area contributed by atoms with Gasteiger partial charge < -0.3 is 14.2 Å². The summed E-state index contributed by atoms with van der Waals surface area (Å²) in [6.07, 6.45) is 0. The number of para-hydroxylation sites is 2. The third-order valence-corrected chi connectivity index (χ3v) is 4.05. The molecule has 0 atom stereocenters. The Balaban J connectivity index is 2.09. The number of nitrogens with zero attached hydrogens (tertiary/aromatic N) is 2. The summed E-state index contributed by atoms with van der Waals surface area (Å²) in [5, 5.41) is 20.5. The quantitative estimate of drug-likeness (QED) is 0.589. The molecule has 24 heavy (non-hydrogen) atoms. The zero-order valence-electron chi connectivity index (χ0n) is 12.7. The second kappa shape index (κ2) is 5.76. The van der Waals surface area contributed by atoms with E-state index in [9.17, 15) is 5.26 Å². The van der Waals surface area contributed by atoms with E-state index in [0.29, 0.717) is 19.0 Å². The first-order valence-electron chi connectivity index (χ1n) is 7.48. The van der Waals surface area contributed by atoms with E-state index in [1.54, 1.807) is 12.1 Å². The summed E-state index contributed by atoms with van der Waals surface area (Å²) in [5.74, 6) is 0.411. The Labute approximate surface area is 139 Å². The summed E-state index contributed by atoms with van der Waals surface area (Å²) in [6.45, 7) is 0. The van der Waals surface area contributed by atoms with Crippen molar-refractivity contribution in [1.82, 2.24) is 4.57 Å². The van der Waals surface area contributed by atoms with E-state index >= 15 is 0 Å². The molecule has 0 bridgehead atoms. The third-order valence-electron chi connectivity index (χ3n) is 4.05. The average molecular weight is 311 g/mol. The Morgan fingerprint density at radius 1 is 0.917 bits per heavy atom. The van der Waals surface area contributed by atoms with Crippen LogP contribution in [-0.4, -0.2) is 17.3 Å². The van der Waals surface area contributed by atoms with Gasteiger partial charge in [-0.2, -0.15) is 5.26 Å². The molecule has 0 saturated carbocycles. The van der Waals surface area contributed by atoms with Crippen molar-refractivity contribution in [2.24, 2.45) is 0 Å². The van der Waals surface area contributed by atoms with Crippen molar-refractivity contribution >= 4 is 29.5 Å². The number of aromatic nitrogens is 1. The van der Waals surface area contributed by atoms with E-state index in [1.807, 2.05) is 42.5 Å². The minimum absolute atomic E-state index is 0.411. The third kappa shape index (κ3) is 2.21. The molecule has 0 saturated heterocycles. The van der Waals surface area contributed by atoms with E-state index in [0.717, 1.165) is 27.5 Å². The summed E-state index contributed by atoms with van der Waals surface area (Å²) in [5.41, 5.74) is 3.37. The lowest BCUT2D eigenvalue weighted by atomic mass is 10.2. The van der Waals surface area contributed by atoms with Gasteiger partial charge in [0.25, 0.3) is 0 Å². The van der Waals surface area contributed by atoms with E-state index < -0.39 is 0 Å². The van der Waals surface area contributed by atoms with Crippen LogP contribution in [0.2, 0.25) is 0 Å². The largest absolute Gasteiger partial charge is 0.569 e. The molecule has 1 N–H and O–H groups in total. The molecule has 0 unspecified atom stereocenters. The van der Waals surface area contributed by atoms with Crippen LogP contribution in [0.1, 0.15) is 5.56 Å². The van der Waals surface area contributed by atoms with Gasteiger partial charge in [-0.1, -0.05) is 36.4 Å². The van der Waals surface area contributed by atoms with Crippen LogP contribution in [-0.2, 0) is 0 Å². The lowest BCUT2D eigenvalue weighted by Gasteiger charge is -2.11. The Morgan fingerprint density at radius 3 is 2.12 bits per heavy atom. The van der Waals surface area contributed by atoms with Crippen LogP contribution in [0.5, 0.6) is 5.75 Å². The van der Waals surface area contributed by atoms with Crippen LogP contribution in [0.15, 0.2) is 66.7 Å². The molecule has 1 radical (unpaired) electrons. The van der Waals surface area contributed by atoms with Crippen molar-refractivity contribution in [3.8, 4) is 17.5 Å². The maximum absolute atomic E-state index is 9.29. The lowest BCUT2D eigenvalue weighted by molar-refractivity contribution is 0.453. The zero-order valence-corrected chi connectivity index (χ0v) is 12.7. The van der Waals surface area contributed by atoms with Gasteiger partial charge >= 0.3 is 7.69 Å². The zero-order chi connectivity index (χ0) is 16.5. The Kier molecular flexibility index (Phi) is 3.45. The molecule has 0 fully saturated rings. The number of nitriles is 1. The van der Waals surface area contributed by atoms with Crippen molar-refractivity contribution in [3.63, 3.8) is 0 Å². The summed E-state index contributed by atoms with van der Waals surface area (Å²) in [6, 6.07) is 23.6. The summed E-state index contributed by atoms with van der Waals surface area (Å²) < 4.78 is 7.17. The standard InChI is InChI=1S/C19H12BN2O2/c21-12-13-9-14(11-15(10-13)24-20-23)22-18-7-3-1-5-16(18)17-6-2-4-8-19(17)22/h1-11,23H. The van der Waals surface area contributed by atoms with E-state index in [2.05, 4.69) is 22.8 Å². The molecular formula is C19H12BN2O2. The van der Waals surface area contributed by atoms with E-state index in [-0.39, 0.29) is 0 Å². The van der Waals surface area contributed by atoms with Crippen molar-refractivity contribution in [2.75, 3.05) is 0 Å². The SMILES string of the molecule is N#Cc1cc(O[B]O)cc(-n2c3ccccc3c3ccccc32)c1. The van der Waals surface area contributed by atoms with Gasteiger partial charge in [0, 0.05) is 16.8 Å². The normalized spacial score (nSPS) is 10.7. The minimum Gasteiger partial charge on any atom is -0.537 e. The Hall–Kier alpha value is -3.23. The predicted molar refractivity (Wildman–Crippen MR) is 94.1 cm³/mol. The molecule has 1 aromatic heterocycles. The molecule has 5 heteroatoms. The fraction of sp³-hybridized carbons (Fsp3) is 0. The van der Waals surface area contributed by atoms with E-state index in [1.165, 1.54) is 0 Å². The van der Waals surface area contributed by atoms with Crippen molar-refractivity contribution < 1.29 is 9.68 Å². The molecule has 0 spiro atoms. The highest BCUT2D eigenvalue weighted by molar-refractivity contribution is 6.17. The number of fused-ring (bicyclic) bond motifs is 3. The fourth-order valence-electron chi connectivity index (χ4n) is 3.11. The molecule has 0 aliphatic rings. The van der Waals surface area contributed by atoms with Crippen molar-refractivity contribution in [3.05, 3.63) is 72.3 Å². The van der Waals surface area contributed by atoms with Crippen molar-refractivity contribution in [2.45, 2.75) is 0 Å². The number of rotatable bonds is 3.